The molecule has 1 N–H and O–H groups in total. The number of H-pyrrole nitrogens is 1. The van der Waals surface area contributed by atoms with Crippen molar-refractivity contribution in [3.05, 3.63) is 75.8 Å². The van der Waals surface area contributed by atoms with Crippen molar-refractivity contribution >= 4 is 22.8 Å². The molecule has 0 unspecified atom stereocenters. The van der Waals surface area contributed by atoms with E-state index in [2.05, 4.69) is 15.0 Å². The molecule has 142 valence electrons. The number of nitrogens with zero attached hydrogens (tertiary/aromatic N) is 3. The highest BCUT2D eigenvalue weighted by molar-refractivity contribution is 6.28. The third-order valence-electron chi connectivity index (χ3n) is 4.39. The molecule has 0 atom stereocenters. The number of aromatic nitrogens is 4. The molecule has 2 aromatic carbocycles. The minimum Gasteiger partial charge on any atom is -0.489 e. The third kappa shape index (κ3) is 3.64. The fourth-order valence-electron chi connectivity index (χ4n) is 3.12. The van der Waals surface area contributed by atoms with E-state index < -0.39 is 0 Å². The standard InChI is InChI=1S/C21H19ClN4O2/c1-2-12-26-17-18(24-21(22)25-20(17)27)23-19(26)15-8-10-16(11-9-15)28-13-14-6-4-3-5-7-14/h3-11H,2,12-13H2,1H3,(H,24,25,27). The average molecular weight is 395 g/mol. The lowest BCUT2D eigenvalue weighted by Crippen LogP contribution is -2.13. The van der Waals surface area contributed by atoms with Gasteiger partial charge in [-0.1, -0.05) is 37.3 Å². The van der Waals surface area contributed by atoms with Crippen molar-refractivity contribution < 1.29 is 4.74 Å². The molecule has 0 fully saturated rings. The maximum atomic E-state index is 12.4. The zero-order chi connectivity index (χ0) is 19.5. The smallest absolute Gasteiger partial charge is 0.278 e. The number of hydrogen-bond donors (Lipinski definition) is 1. The van der Waals surface area contributed by atoms with Gasteiger partial charge in [-0.25, -0.2) is 4.98 Å². The Hall–Kier alpha value is -3.12. The first-order valence-corrected chi connectivity index (χ1v) is 9.46. The maximum absolute atomic E-state index is 12.4. The van der Waals surface area contributed by atoms with Gasteiger partial charge in [-0.3, -0.25) is 9.78 Å². The first-order chi connectivity index (χ1) is 13.7. The second-order valence-electron chi connectivity index (χ2n) is 6.41. The molecule has 4 aromatic rings. The summed E-state index contributed by atoms with van der Waals surface area (Å²) in [5.41, 5.74) is 2.49. The van der Waals surface area contributed by atoms with Crippen LogP contribution in [-0.2, 0) is 13.2 Å². The Kier molecular flexibility index (Phi) is 5.12. The minimum absolute atomic E-state index is 0.0369. The molecule has 28 heavy (non-hydrogen) atoms. The molecule has 0 saturated carbocycles. The fourth-order valence-corrected chi connectivity index (χ4v) is 3.28. The van der Waals surface area contributed by atoms with Crippen molar-refractivity contribution in [1.29, 1.82) is 0 Å². The first kappa shape index (κ1) is 18.3. The Morgan fingerprint density at radius 2 is 1.82 bits per heavy atom. The van der Waals surface area contributed by atoms with Crippen LogP contribution >= 0.6 is 11.6 Å². The first-order valence-electron chi connectivity index (χ1n) is 9.09. The van der Waals surface area contributed by atoms with E-state index in [9.17, 15) is 4.79 Å². The molecule has 6 nitrogen and oxygen atoms in total. The van der Waals surface area contributed by atoms with E-state index in [1.165, 1.54) is 0 Å². The van der Waals surface area contributed by atoms with E-state index in [1.54, 1.807) is 0 Å². The van der Waals surface area contributed by atoms with Gasteiger partial charge in [0, 0.05) is 12.1 Å². The van der Waals surface area contributed by atoms with Gasteiger partial charge >= 0.3 is 0 Å². The number of aromatic amines is 1. The van der Waals surface area contributed by atoms with Crippen molar-refractivity contribution in [2.75, 3.05) is 0 Å². The van der Waals surface area contributed by atoms with Gasteiger partial charge in [0.15, 0.2) is 11.2 Å². The predicted octanol–water partition coefficient (Wildman–Crippen LogP) is 4.43. The van der Waals surface area contributed by atoms with Crippen LogP contribution in [0.2, 0.25) is 5.28 Å². The van der Waals surface area contributed by atoms with E-state index in [1.807, 2.05) is 66.1 Å². The number of imidazole rings is 1. The molecule has 0 aliphatic rings. The highest BCUT2D eigenvalue weighted by atomic mass is 35.5. The van der Waals surface area contributed by atoms with Crippen molar-refractivity contribution in [3.8, 4) is 17.1 Å². The zero-order valence-corrected chi connectivity index (χ0v) is 16.1. The van der Waals surface area contributed by atoms with E-state index in [0.29, 0.717) is 30.1 Å². The Morgan fingerprint density at radius 3 is 2.54 bits per heavy atom. The summed E-state index contributed by atoms with van der Waals surface area (Å²) in [6, 6.07) is 17.7. The lowest BCUT2D eigenvalue weighted by molar-refractivity contribution is 0.306. The lowest BCUT2D eigenvalue weighted by Gasteiger charge is -2.09. The van der Waals surface area contributed by atoms with Crippen LogP contribution in [0.15, 0.2) is 59.4 Å². The van der Waals surface area contributed by atoms with Crippen LogP contribution in [0.25, 0.3) is 22.6 Å². The lowest BCUT2D eigenvalue weighted by atomic mass is 10.2. The van der Waals surface area contributed by atoms with Crippen LogP contribution < -0.4 is 10.3 Å². The summed E-state index contributed by atoms with van der Waals surface area (Å²) in [4.78, 5) is 23.6. The highest BCUT2D eigenvalue weighted by Gasteiger charge is 2.17. The van der Waals surface area contributed by atoms with Gasteiger partial charge in [0.25, 0.3) is 5.56 Å². The largest absolute Gasteiger partial charge is 0.489 e. The van der Waals surface area contributed by atoms with Crippen LogP contribution in [0, 0.1) is 0 Å². The molecular weight excluding hydrogens is 376 g/mol. The molecule has 0 spiro atoms. The molecule has 0 aliphatic heterocycles. The maximum Gasteiger partial charge on any atom is 0.278 e. The summed E-state index contributed by atoms with van der Waals surface area (Å²) in [6.07, 6.45) is 0.860. The SMILES string of the molecule is CCCn1c(-c2ccc(OCc3ccccc3)cc2)nc2nc(Cl)[nH]c(=O)c21. The van der Waals surface area contributed by atoms with Gasteiger partial charge in [-0.15, -0.1) is 0 Å². The molecule has 0 radical (unpaired) electrons. The number of rotatable bonds is 6. The molecule has 0 bridgehead atoms. The molecule has 2 heterocycles. The second kappa shape index (κ2) is 7.86. The Balaban J connectivity index is 1.65. The number of nitrogens with one attached hydrogen (secondary N) is 1. The van der Waals surface area contributed by atoms with E-state index in [4.69, 9.17) is 16.3 Å². The summed E-state index contributed by atoms with van der Waals surface area (Å²) < 4.78 is 7.73. The predicted molar refractivity (Wildman–Crippen MR) is 110 cm³/mol. The van der Waals surface area contributed by atoms with E-state index in [0.717, 1.165) is 23.3 Å². The molecule has 4 rings (SSSR count). The van der Waals surface area contributed by atoms with Crippen LogP contribution in [-0.4, -0.2) is 19.5 Å². The number of hydrogen-bond acceptors (Lipinski definition) is 4. The number of benzene rings is 2. The molecule has 2 aromatic heterocycles. The van der Waals surface area contributed by atoms with Gasteiger partial charge in [0.05, 0.1) is 0 Å². The van der Waals surface area contributed by atoms with Gasteiger partial charge in [-0.05, 0) is 47.9 Å². The van der Waals surface area contributed by atoms with Crippen LogP contribution in [0.4, 0.5) is 0 Å². The van der Waals surface area contributed by atoms with Crippen molar-refractivity contribution in [1.82, 2.24) is 19.5 Å². The van der Waals surface area contributed by atoms with E-state index in [-0.39, 0.29) is 10.8 Å². The number of fused-ring (bicyclic) bond motifs is 1. The minimum atomic E-state index is -0.287. The van der Waals surface area contributed by atoms with E-state index >= 15 is 0 Å². The van der Waals surface area contributed by atoms with Crippen LogP contribution in [0.1, 0.15) is 18.9 Å². The number of ether oxygens (including phenoxy) is 1. The summed E-state index contributed by atoms with van der Waals surface area (Å²) >= 11 is 5.88. The summed E-state index contributed by atoms with van der Waals surface area (Å²) in [5.74, 6) is 1.46. The second-order valence-corrected chi connectivity index (χ2v) is 6.77. The van der Waals surface area contributed by atoms with Gasteiger partial charge in [-0.2, -0.15) is 4.98 Å². The van der Waals surface area contributed by atoms with Crippen molar-refractivity contribution in [2.45, 2.75) is 26.5 Å². The van der Waals surface area contributed by atoms with Crippen LogP contribution in [0.3, 0.4) is 0 Å². The summed E-state index contributed by atoms with van der Waals surface area (Å²) in [7, 11) is 0. The average Bonchev–Trinajstić information content (AvgIpc) is 3.06. The van der Waals surface area contributed by atoms with Crippen molar-refractivity contribution in [3.63, 3.8) is 0 Å². The summed E-state index contributed by atoms with van der Waals surface area (Å²) in [6.45, 7) is 3.21. The molecule has 0 aliphatic carbocycles. The Bertz CT molecular complexity index is 1150. The number of halogens is 1. The zero-order valence-electron chi connectivity index (χ0n) is 15.4. The van der Waals surface area contributed by atoms with Gasteiger partial charge in [0.2, 0.25) is 5.28 Å². The van der Waals surface area contributed by atoms with Gasteiger partial charge in [0.1, 0.15) is 18.2 Å². The highest BCUT2D eigenvalue weighted by Crippen LogP contribution is 2.25. The summed E-state index contributed by atoms with van der Waals surface area (Å²) in [5, 5.41) is 0.0369. The third-order valence-corrected chi connectivity index (χ3v) is 4.57. The molecule has 7 heteroatoms. The monoisotopic (exact) mass is 394 g/mol. The van der Waals surface area contributed by atoms with Gasteiger partial charge < -0.3 is 9.30 Å². The number of aryl methyl sites for hydroxylation is 1. The molecule has 0 saturated heterocycles. The normalized spacial score (nSPS) is 11.1. The topological polar surface area (TPSA) is 72.8 Å². The molecular formula is C21H19ClN4O2. The quantitative estimate of drug-likeness (QED) is 0.491. The Labute approximate surface area is 166 Å². The van der Waals surface area contributed by atoms with Crippen molar-refractivity contribution in [2.24, 2.45) is 0 Å². The molecule has 0 amide bonds. The fraction of sp³-hybridized carbons (Fsp3) is 0.190. The van der Waals surface area contributed by atoms with Crippen LogP contribution in [0.5, 0.6) is 5.75 Å². The Morgan fingerprint density at radius 1 is 1.07 bits per heavy atom.